The van der Waals surface area contributed by atoms with E-state index in [-0.39, 0.29) is 12.5 Å². The van der Waals surface area contributed by atoms with Gasteiger partial charge in [-0.15, -0.1) is 0 Å². The lowest BCUT2D eigenvalue weighted by Gasteiger charge is -2.06. The first-order chi connectivity index (χ1) is 15.4. The SMILES string of the molecule is Cc1ccc(C(=O)NCC(=O)N/N=C/c2ccc(OC(=O)c3ccccc3C)cc2)cc1. The molecule has 3 aromatic rings. The number of nitrogens with zero attached hydrogens (tertiary/aromatic N) is 1. The van der Waals surface area contributed by atoms with Crippen molar-refractivity contribution < 1.29 is 19.1 Å². The highest BCUT2D eigenvalue weighted by Crippen LogP contribution is 2.15. The summed E-state index contributed by atoms with van der Waals surface area (Å²) >= 11 is 0. The second-order valence-corrected chi connectivity index (χ2v) is 7.12. The lowest BCUT2D eigenvalue weighted by molar-refractivity contribution is -0.120. The number of esters is 1. The zero-order valence-corrected chi connectivity index (χ0v) is 17.8. The van der Waals surface area contributed by atoms with Crippen LogP contribution in [0.5, 0.6) is 5.75 Å². The normalized spacial score (nSPS) is 10.6. The molecule has 0 aliphatic heterocycles. The van der Waals surface area contributed by atoms with Gasteiger partial charge in [0.15, 0.2) is 0 Å². The van der Waals surface area contributed by atoms with E-state index < -0.39 is 11.9 Å². The van der Waals surface area contributed by atoms with E-state index in [4.69, 9.17) is 4.74 Å². The molecular weight excluding hydrogens is 406 g/mol. The van der Waals surface area contributed by atoms with Crippen molar-refractivity contribution in [2.45, 2.75) is 13.8 Å². The van der Waals surface area contributed by atoms with Gasteiger partial charge in [0.25, 0.3) is 11.8 Å². The minimum atomic E-state index is -0.453. The number of benzene rings is 3. The minimum absolute atomic E-state index is 0.197. The van der Waals surface area contributed by atoms with Gasteiger partial charge in [0.1, 0.15) is 5.75 Å². The Morgan fingerprint density at radius 3 is 2.28 bits per heavy atom. The maximum absolute atomic E-state index is 12.3. The van der Waals surface area contributed by atoms with E-state index in [1.165, 1.54) is 6.21 Å². The predicted molar refractivity (Wildman–Crippen MR) is 122 cm³/mol. The Balaban J connectivity index is 1.45. The average Bonchev–Trinajstić information content (AvgIpc) is 2.79. The highest BCUT2D eigenvalue weighted by molar-refractivity contribution is 5.96. The second kappa shape index (κ2) is 10.7. The highest BCUT2D eigenvalue weighted by Gasteiger charge is 2.11. The smallest absolute Gasteiger partial charge is 0.343 e. The Hall–Kier alpha value is -4.26. The molecule has 162 valence electrons. The van der Waals surface area contributed by atoms with Gasteiger partial charge in [-0.25, -0.2) is 10.2 Å². The van der Waals surface area contributed by atoms with Gasteiger partial charge < -0.3 is 10.1 Å². The van der Waals surface area contributed by atoms with Gasteiger partial charge in [0.05, 0.1) is 18.3 Å². The van der Waals surface area contributed by atoms with Crippen molar-refractivity contribution >= 4 is 24.0 Å². The summed E-state index contributed by atoms with van der Waals surface area (Å²) < 4.78 is 5.38. The molecule has 2 N–H and O–H groups in total. The summed E-state index contributed by atoms with van der Waals surface area (Å²) in [5.41, 5.74) is 5.93. The summed E-state index contributed by atoms with van der Waals surface area (Å²) in [7, 11) is 0. The van der Waals surface area contributed by atoms with Crippen LogP contribution >= 0.6 is 0 Å². The van der Waals surface area contributed by atoms with Gasteiger partial charge >= 0.3 is 5.97 Å². The fourth-order valence-corrected chi connectivity index (χ4v) is 2.77. The Labute approximate surface area is 186 Å². The molecule has 0 aromatic heterocycles. The summed E-state index contributed by atoms with van der Waals surface area (Å²) in [5.74, 6) is -0.812. The standard InChI is InChI=1S/C25H23N3O4/c1-17-7-11-20(12-8-17)24(30)26-16-23(29)28-27-15-19-9-13-21(14-10-19)32-25(31)22-6-4-3-5-18(22)2/h3-15H,16H2,1-2H3,(H,26,30)(H,28,29)/b27-15+. The first-order valence-electron chi connectivity index (χ1n) is 9.97. The zero-order valence-electron chi connectivity index (χ0n) is 17.8. The summed E-state index contributed by atoms with van der Waals surface area (Å²) in [6.07, 6.45) is 1.45. The van der Waals surface area contributed by atoms with Gasteiger partial charge in [0.2, 0.25) is 0 Å². The number of amides is 2. The Kier molecular flexibility index (Phi) is 7.48. The third-order valence-corrected chi connectivity index (χ3v) is 4.58. The lowest BCUT2D eigenvalue weighted by Crippen LogP contribution is -2.34. The Morgan fingerprint density at radius 2 is 1.59 bits per heavy atom. The van der Waals surface area contributed by atoms with Crippen molar-refractivity contribution in [1.82, 2.24) is 10.7 Å². The van der Waals surface area contributed by atoms with Gasteiger partial charge in [-0.2, -0.15) is 5.10 Å². The molecule has 7 heteroatoms. The minimum Gasteiger partial charge on any atom is -0.423 e. The van der Waals surface area contributed by atoms with Gasteiger partial charge in [-0.05, 0) is 67.4 Å². The molecule has 0 heterocycles. The van der Waals surface area contributed by atoms with E-state index in [1.807, 2.05) is 38.1 Å². The molecule has 3 rings (SSSR count). The maximum Gasteiger partial charge on any atom is 0.343 e. The molecule has 3 aromatic carbocycles. The van der Waals surface area contributed by atoms with E-state index in [1.54, 1.807) is 48.5 Å². The maximum atomic E-state index is 12.3. The van der Waals surface area contributed by atoms with Crippen LogP contribution in [-0.4, -0.2) is 30.5 Å². The quantitative estimate of drug-likeness (QED) is 0.260. The van der Waals surface area contributed by atoms with Crippen molar-refractivity contribution in [2.24, 2.45) is 5.10 Å². The van der Waals surface area contributed by atoms with Crippen LogP contribution in [-0.2, 0) is 4.79 Å². The summed E-state index contributed by atoms with van der Waals surface area (Å²) in [4.78, 5) is 36.1. The third-order valence-electron chi connectivity index (χ3n) is 4.58. The molecule has 0 bridgehead atoms. The first kappa shape index (κ1) is 22.4. The first-order valence-corrected chi connectivity index (χ1v) is 9.97. The van der Waals surface area contributed by atoms with Crippen LogP contribution in [0.1, 0.15) is 37.4 Å². The molecule has 2 amide bonds. The van der Waals surface area contributed by atoms with E-state index in [2.05, 4.69) is 15.8 Å². The molecule has 0 aliphatic rings. The van der Waals surface area contributed by atoms with E-state index in [9.17, 15) is 14.4 Å². The Bertz CT molecular complexity index is 1140. The van der Waals surface area contributed by atoms with Crippen LogP contribution < -0.4 is 15.5 Å². The summed E-state index contributed by atoms with van der Waals surface area (Å²) in [6.45, 7) is 3.58. The number of aryl methyl sites for hydroxylation is 2. The topological polar surface area (TPSA) is 96.9 Å². The van der Waals surface area contributed by atoms with Gasteiger partial charge in [-0.1, -0.05) is 35.9 Å². The number of hydrogen-bond donors (Lipinski definition) is 2. The molecular formula is C25H23N3O4. The molecule has 0 aliphatic carbocycles. The van der Waals surface area contributed by atoms with Crippen LogP contribution in [0.4, 0.5) is 0 Å². The molecule has 0 fully saturated rings. The van der Waals surface area contributed by atoms with Crippen LogP contribution in [0.25, 0.3) is 0 Å². The van der Waals surface area contributed by atoms with Crippen molar-refractivity contribution in [1.29, 1.82) is 0 Å². The second-order valence-electron chi connectivity index (χ2n) is 7.12. The van der Waals surface area contributed by atoms with E-state index in [0.717, 1.165) is 11.1 Å². The fraction of sp³-hybridized carbons (Fsp3) is 0.120. The van der Waals surface area contributed by atoms with Crippen molar-refractivity contribution in [3.63, 3.8) is 0 Å². The highest BCUT2D eigenvalue weighted by atomic mass is 16.5. The number of rotatable bonds is 7. The fourth-order valence-electron chi connectivity index (χ4n) is 2.77. The predicted octanol–water partition coefficient (Wildman–Crippen LogP) is 3.40. The molecule has 0 atom stereocenters. The molecule has 32 heavy (non-hydrogen) atoms. The number of carbonyl (C=O) groups is 3. The molecule has 0 saturated heterocycles. The number of nitrogens with one attached hydrogen (secondary N) is 2. The molecule has 0 radical (unpaired) electrons. The average molecular weight is 429 g/mol. The van der Waals surface area contributed by atoms with Crippen LogP contribution in [0, 0.1) is 13.8 Å². The monoisotopic (exact) mass is 429 g/mol. The van der Waals surface area contributed by atoms with Gasteiger partial charge in [-0.3, -0.25) is 9.59 Å². The number of carbonyl (C=O) groups excluding carboxylic acids is 3. The van der Waals surface area contributed by atoms with Crippen molar-refractivity contribution in [3.8, 4) is 5.75 Å². The Morgan fingerprint density at radius 1 is 0.906 bits per heavy atom. The zero-order chi connectivity index (χ0) is 22.9. The number of hydrogen-bond acceptors (Lipinski definition) is 5. The lowest BCUT2D eigenvalue weighted by atomic mass is 10.1. The number of ether oxygens (including phenoxy) is 1. The van der Waals surface area contributed by atoms with Gasteiger partial charge in [0, 0.05) is 5.56 Å². The van der Waals surface area contributed by atoms with Crippen molar-refractivity contribution in [3.05, 3.63) is 101 Å². The summed E-state index contributed by atoms with van der Waals surface area (Å²) in [6, 6.07) is 20.9. The molecule has 0 spiro atoms. The summed E-state index contributed by atoms with van der Waals surface area (Å²) in [5, 5.41) is 6.41. The van der Waals surface area contributed by atoms with Crippen LogP contribution in [0.3, 0.4) is 0 Å². The van der Waals surface area contributed by atoms with Crippen LogP contribution in [0.15, 0.2) is 77.9 Å². The van der Waals surface area contributed by atoms with Crippen LogP contribution in [0.2, 0.25) is 0 Å². The molecule has 7 nitrogen and oxygen atoms in total. The largest absolute Gasteiger partial charge is 0.423 e. The van der Waals surface area contributed by atoms with E-state index in [0.29, 0.717) is 22.4 Å². The van der Waals surface area contributed by atoms with Crippen molar-refractivity contribution in [2.75, 3.05) is 6.54 Å². The molecule has 0 unspecified atom stereocenters. The van der Waals surface area contributed by atoms with E-state index >= 15 is 0 Å². The third kappa shape index (κ3) is 6.37. The molecule has 0 saturated carbocycles. The number of hydrazone groups is 1.